The first-order chi connectivity index (χ1) is 14.5. The molecule has 8 nitrogen and oxygen atoms in total. The highest BCUT2D eigenvalue weighted by atomic mass is 32.2. The summed E-state index contributed by atoms with van der Waals surface area (Å²) in [6.45, 7) is 2.30. The van der Waals surface area contributed by atoms with Gasteiger partial charge in [0.15, 0.2) is 0 Å². The van der Waals surface area contributed by atoms with Gasteiger partial charge in [-0.3, -0.25) is 4.98 Å². The quantitative estimate of drug-likeness (QED) is 0.646. The van der Waals surface area contributed by atoms with Crippen LogP contribution in [0.15, 0.2) is 59.9 Å². The smallest absolute Gasteiger partial charge is 0.243 e. The van der Waals surface area contributed by atoms with Gasteiger partial charge in [-0.25, -0.2) is 18.4 Å². The number of aromatic nitrogens is 3. The van der Waals surface area contributed by atoms with Gasteiger partial charge in [0.2, 0.25) is 10.0 Å². The van der Waals surface area contributed by atoms with E-state index in [4.69, 9.17) is 4.74 Å². The maximum Gasteiger partial charge on any atom is 0.243 e. The van der Waals surface area contributed by atoms with Crippen molar-refractivity contribution in [3.05, 3.63) is 66.2 Å². The second kappa shape index (κ2) is 8.37. The van der Waals surface area contributed by atoms with E-state index in [1.165, 1.54) is 0 Å². The second-order valence-corrected chi connectivity index (χ2v) is 8.96. The average molecular weight is 426 g/mol. The molecule has 1 aliphatic rings. The Bertz CT molecular complexity index is 1140. The molecular weight excluding hydrogens is 402 g/mol. The molecule has 3 aromatic rings. The zero-order valence-electron chi connectivity index (χ0n) is 16.8. The molecule has 0 unspecified atom stereocenters. The molecule has 0 amide bonds. The van der Waals surface area contributed by atoms with Crippen LogP contribution in [0.3, 0.4) is 0 Å². The number of methoxy groups -OCH3 is 1. The molecule has 0 spiro atoms. The van der Waals surface area contributed by atoms with Gasteiger partial charge in [0.25, 0.3) is 0 Å². The van der Waals surface area contributed by atoms with Crippen molar-refractivity contribution in [3.8, 4) is 5.75 Å². The Labute approximate surface area is 176 Å². The normalized spacial score (nSPS) is 17.1. The monoisotopic (exact) mass is 425 g/mol. The first-order valence-corrected chi connectivity index (χ1v) is 11.1. The molecule has 9 heteroatoms. The van der Waals surface area contributed by atoms with Crippen LogP contribution in [0.2, 0.25) is 0 Å². The summed E-state index contributed by atoms with van der Waals surface area (Å²) in [5, 5.41) is 3.11. The van der Waals surface area contributed by atoms with Crippen LogP contribution in [-0.4, -0.2) is 41.3 Å². The molecule has 1 atom stereocenters. The lowest BCUT2D eigenvalue weighted by Gasteiger charge is -2.24. The third kappa shape index (κ3) is 3.99. The number of rotatable bonds is 6. The number of hydrogen-bond acceptors (Lipinski definition) is 7. The van der Waals surface area contributed by atoms with Gasteiger partial charge in [0.05, 0.1) is 29.9 Å². The number of pyridine rings is 1. The van der Waals surface area contributed by atoms with Crippen molar-refractivity contribution in [2.24, 2.45) is 0 Å². The highest BCUT2D eigenvalue weighted by Gasteiger charge is 2.37. The summed E-state index contributed by atoms with van der Waals surface area (Å²) in [5.74, 6) is 1.83. The summed E-state index contributed by atoms with van der Waals surface area (Å²) in [6, 6.07) is 10.2. The molecule has 0 aliphatic carbocycles. The highest BCUT2D eigenvalue weighted by Crippen LogP contribution is 2.37. The summed E-state index contributed by atoms with van der Waals surface area (Å²) in [5.41, 5.74) is 1.48. The minimum atomic E-state index is -3.66. The summed E-state index contributed by atoms with van der Waals surface area (Å²) >= 11 is 0. The number of hydrogen-bond donors (Lipinski definition) is 1. The van der Waals surface area contributed by atoms with Gasteiger partial charge in [-0.15, -0.1) is 0 Å². The van der Waals surface area contributed by atoms with Crippen molar-refractivity contribution in [2.75, 3.05) is 19.0 Å². The van der Waals surface area contributed by atoms with Crippen molar-refractivity contribution in [2.45, 2.75) is 30.7 Å². The van der Waals surface area contributed by atoms with Gasteiger partial charge < -0.3 is 10.1 Å². The number of sulfonamides is 1. The van der Waals surface area contributed by atoms with Crippen molar-refractivity contribution in [1.82, 2.24) is 19.3 Å². The largest absolute Gasteiger partial charge is 0.496 e. The fraction of sp³-hybridized carbons (Fsp3) is 0.286. The molecule has 0 bridgehead atoms. The van der Waals surface area contributed by atoms with Crippen molar-refractivity contribution in [1.29, 1.82) is 0 Å². The lowest BCUT2D eigenvalue weighted by Crippen LogP contribution is -2.31. The molecule has 2 aromatic heterocycles. The van der Waals surface area contributed by atoms with Crippen LogP contribution >= 0.6 is 0 Å². The fourth-order valence-corrected chi connectivity index (χ4v) is 5.43. The fourth-order valence-electron chi connectivity index (χ4n) is 3.67. The van der Waals surface area contributed by atoms with Crippen LogP contribution in [0.4, 0.5) is 11.6 Å². The standard InChI is InChI=1S/C21H23N5O3S/c1-15-13-16(8-9-19(15)29-2)30(27,28)26-12-4-6-18(26)17-5-3-7-20(24-17)25-21-14-22-10-11-23-21/h3,5,7-11,13-14,18H,4,6,12H2,1-2H3,(H,23,24,25)/t18-/m0/s1. The van der Waals surface area contributed by atoms with Crippen molar-refractivity contribution < 1.29 is 13.2 Å². The third-order valence-corrected chi connectivity index (χ3v) is 7.01. The predicted octanol–water partition coefficient (Wildman–Crippen LogP) is 3.46. The van der Waals surface area contributed by atoms with Crippen LogP contribution in [-0.2, 0) is 10.0 Å². The number of ether oxygens (including phenoxy) is 1. The molecule has 0 saturated carbocycles. The van der Waals surface area contributed by atoms with E-state index in [2.05, 4.69) is 20.3 Å². The maximum atomic E-state index is 13.4. The molecule has 156 valence electrons. The third-order valence-electron chi connectivity index (χ3n) is 5.11. The van der Waals surface area contributed by atoms with Gasteiger partial charge in [0.1, 0.15) is 17.4 Å². The first kappa shape index (κ1) is 20.2. The topological polar surface area (TPSA) is 97.3 Å². The first-order valence-electron chi connectivity index (χ1n) is 9.65. The van der Waals surface area contributed by atoms with Crippen LogP contribution in [0.1, 0.15) is 30.1 Å². The number of nitrogens with zero attached hydrogens (tertiary/aromatic N) is 4. The van der Waals surface area contributed by atoms with E-state index in [1.54, 1.807) is 48.2 Å². The Hall–Kier alpha value is -3.04. The molecule has 1 aromatic carbocycles. The number of nitrogens with one attached hydrogen (secondary N) is 1. The van der Waals surface area contributed by atoms with Crippen LogP contribution in [0.25, 0.3) is 0 Å². The lowest BCUT2D eigenvalue weighted by molar-refractivity contribution is 0.390. The SMILES string of the molecule is COc1ccc(S(=O)(=O)N2CCC[C@H]2c2cccc(Nc3cnccn3)n2)cc1C. The Morgan fingerprint density at radius 3 is 2.77 bits per heavy atom. The van der Waals surface area contributed by atoms with Gasteiger partial charge in [-0.2, -0.15) is 4.31 Å². The average Bonchev–Trinajstić information content (AvgIpc) is 3.25. The van der Waals surface area contributed by atoms with Crippen LogP contribution in [0, 0.1) is 6.92 Å². The second-order valence-electron chi connectivity index (χ2n) is 7.07. The van der Waals surface area contributed by atoms with E-state index in [0.29, 0.717) is 29.6 Å². The highest BCUT2D eigenvalue weighted by molar-refractivity contribution is 7.89. The molecule has 3 heterocycles. The van der Waals surface area contributed by atoms with E-state index in [1.807, 2.05) is 25.1 Å². The molecule has 0 radical (unpaired) electrons. The Balaban J connectivity index is 1.62. The van der Waals surface area contributed by atoms with Crippen molar-refractivity contribution in [3.63, 3.8) is 0 Å². The van der Waals surface area contributed by atoms with Crippen molar-refractivity contribution >= 4 is 21.7 Å². The Morgan fingerprint density at radius 1 is 1.17 bits per heavy atom. The van der Waals surface area contributed by atoms with Gasteiger partial charge in [-0.05, 0) is 55.7 Å². The summed E-state index contributed by atoms with van der Waals surface area (Å²) in [6.07, 6.45) is 6.29. The zero-order valence-corrected chi connectivity index (χ0v) is 17.6. The van der Waals surface area contributed by atoms with E-state index >= 15 is 0 Å². The molecule has 4 rings (SSSR count). The van der Waals surface area contributed by atoms with E-state index in [-0.39, 0.29) is 10.9 Å². The number of aryl methyl sites for hydroxylation is 1. The minimum Gasteiger partial charge on any atom is -0.496 e. The van der Waals surface area contributed by atoms with Gasteiger partial charge >= 0.3 is 0 Å². The van der Waals surface area contributed by atoms with Gasteiger partial charge in [0, 0.05) is 18.9 Å². The number of benzene rings is 1. The zero-order chi connectivity index (χ0) is 21.1. The lowest BCUT2D eigenvalue weighted by atomic mass is 10.1. The van der Waals surface area contributed by atoms with E-state index in [0.717, 1.165) is 18.4 Å². The summed E-state index contributed by atoms with van der Waals surface area (Å²) in [7, 11) is -2.09. The molecule has 1 fully saturated rings. The molecule has 1 N–H and O–H groups in total. The van der Waals surface area contributed by atoms with Crippen LogP contribution < -0.4 is 10.1 Å². The van der Waals surface area contributed by atoms with Gasteiger partial charge in [-0.1, -0.05) is 6.07 Å². The molecule has 1 aliphatic heterocycles. The minimum absolute atomic E-state index is 0.265. The number of anilines is 2. The predicted molar refractivity (Wildman–Crippen MR) is 113 cm³/mol. The molecular formula is C21H23N5O3S. The van der Waals surface area contributed by atoms with Crippen LogP contribution in [0.5, 0.6) is 5.75 Å². The molecule has 30 heavy (non-hydrogen) atoms. The summed E-state index contributed by atoms with van der Waals surface area (Å²) in [4.78, 5) is 13.1. The van der Waals surface area contributed by atoms with E-state index in [9.17, 15) is 8.42 Å². The maximum absolute atomic E-state index is 13.4. The Morgan fingerprint density at radius 2 is 2.03 bits per heavy atom. The van der Waals surface area contributed by atoms with E-state index < -0.39 is 10.0 Å². The summed E-state index contributed by atoms with van der Waals surface area (Å²) < 4.78 is 33.5. The Kier molecular flexibility index (Phi) is 5.65. The molecule has 1 saturated heterocycles.